The molecule has 0 fully saturated rings. The highest BCUT2D eigenvalue weighted by Crippen LogP contribution is 2.21. The third kappa shape index (κ3) is 5.51. The molecule has 2 aromatic carbocycles. The number of nitrogens with zero attached hydrogens (tertiary/aromatic N) is 1. The highest BCUT2D eigenvalue weighted by Gasteiger charge is 2.14. The second kappa shape index (κ2) is 9.93. The number of ether oxygens (including phenoxy) is 2. The summed E-state index contributed by atoms with van der Waals surface area (Å²) in [6, 6.07) is 12.4. The maximum absolute atomic E-state index is 12.3. The number of nitrogens with one attached hydrogen (secondary N) is 1. The number of aryl methyl sites for hydroxylation is 4. The van der Waals surface area contributed by atoms with Gasteiger partial charge in [-0.25, -0.2) is 4.79 Å². The summed E-state index contributed by atoms with van der Waals surface area (Å²) in [5.41, 5.74) is 4.79. The van der Waals surface area contributed by atoms with Crippen LogP contribution in [-0.2, 0) is 22.6 Å². The van der Waals surface area contributed by atoms with E-state index in [0.717, 1.165) is 34.5 Å². The molecule has 1 amide bonds. The zero-order valence-electron chi connectivity index (χ0n) is 18.2. The molecule has 0 aliphatic heterocycles. The molecule has 3 aromatic rings. The topological polar surface area (TPSA) is 90.7 Å². The fourth-order valence-electron chi connectivity index (χ4n) is 3.14. The van der Waals surface area contributed by atoms with E-state index in [2.05, 4.69) is 10.5 Å². The van der Waals surface area contributed by atoms with Crippen LogP contribution in [0.3, 0.4) is 0 Å². The minimum absolute atomic E-state index is 0.323. The molecule has 0 bridgehead atoms. The zero-order valence-corrected chi connectivity index (χ0v) is 18.2. The number of carbonyl (C=O) groups is 2. The molecule has 7 heteroatoms. The zero-order chi connectivity index (χ0) is 22.4. The Labute approximate surface area is 181 Å². The minimum Gasteiger partial charge on any atom is -0.489 e. The van der Waals surface area contributed by atoms with E-state index in [4.69, 9.17) is 14.0 Å². The van der Waals surface area contributed by atoms with E-state index in [1.165, 1.54) is 0 Å². The van der Waals surface area contributed by atoms with Gasteiger partial charge in [-0.15, -0.1) is 0 Å². The van der Waals surface area contributed by atoms with Gasteiger partial charge < -0.3 is 19.3 Å². The van der Waals surface area contributed by atoms with Crippen molar-refractivity contribution < 1.29 is 23.6 Å². The first-order valence-corrected chi connectivity index (χ1v) is 10.1. The molecule has 1 heterocycles. The quantitative estimate of drug-likeness (QED) is 0.536. The van der Waals surface area contributed by atoms with Crippen LogP contribution in [0.1, 0.15) is 45.4 Å². The van der Waals surface area contributed by atoms with Crippen LogP contribution < -0.4 is 10.1 Å². The van der Waals surface area contributed by atoms with Crippen molar-refractivity contribution >= 4 is 17.6 Å². The van der Waals surface area contributed by atoms with Crippen molar-refractivity contribution in [3.05, 3.63) is 76.2 Å². The highest BCUT2D eigenvalue weighted by atomic mass is 16.5. The lowest BCUT2D eigenvalue weighted by Crippen LogP contribution is -2.22. The number of rotatable bonds is 8. The van der Waals surface area contributed by atoms with Gasteiger partial charge in [-0.05, 0) is 62.6 Å². The molecule has 0 spiro atoms. The molecule has 0 saturated heterocycles. The van der Waals surface area contributed by atoms with Gasteiger partial charge in [0.05, 0.1) is 16.8 Å². The molecule has 0 aliphatic rings. The number of benzene rings is 2. The van der Waals surface area contributed by atoms with Gasteiger partial charge in [-0.3, -0.25) is 4.79 Å². The fraction of sp³-hybridized carbons (Fsp3) is 0.292. The maximum Gasteiger partial charge on any atom is 0.338 e. The van der Waals surface area contributed by atoms with Gasteiger partial charge in [0.1, 0.15) is 18.1 Å². The summed E-state index contributed by atoms with van der Waals surface area (Å²) < 4.78 is 16.0. The summed E-state index contributed by atoms with van der Waals surface area (Å²) in [6.45, 7) is 7.59. The molecule has 7 nitrogen and oxygen atoms in total. The molecule has 31 heavy (non-hydrogen) atoms. The number of aromatic nitrogens is 1. The van der Waals surface area contributed by atoms with E-state index in [9.17, 15) is 9.59 Å². The van der Waals surface area contributed by atoms with Crippen LogP contribution in [0.4, 0.5) is 5.69 Å². The molecule has 0 aliphatic carbocycles. The lowest BCUT2D eigenvalue weighted by molar-refractivity contribution is -0.119. The molecule has 1 aromatic heterocycles. The van der Waals surface area contributed by atoms with E-state index < -0.39 is 5.97 Å². The van der Waals surface area contributed by atoms with Gasteiger partial charge in [0.15, 0.2) is 6.61 Å². The van der Waals surface area contributed by atoms with E-state index in [0.29, 0.717) is 23.7 Å². The van der Waals surface area contributed by atoms with Crippen LogP contribution >= 0.6 is 0 Å². The molecule has 0 unspecified atom stereocenters. The van der Waals surface area contributed by atoms with Crippen LogP contribution in [0.15, 0.2) is 47.0 Å². The van der Waals surface area contributed by atoms with Crippen LogP contribution in [0.2, 0.25) is 0 Å². The molecule has 0 radical (unpaired) electrons. The Bertz CT molecular complexity index is 1050. The van der Waals surface area contributed by atoms with Crippen molar-refractivity contribution in [2.24, 2.45) is 0 Å². The second-order valence-corrected chi connectivity index (χ2v) is 7.20. The van der Waals surface area contributed by atoms with Gasteiger partial charge in [0, 0.05) is 5.69 Å². The van der Waals surface area contributed by atoms with Crippen molar-refractivity contribution in [3.8, 4) is 5.75 Å². The largest absolute Gasteiger partial charge is 0.489 e. The summed E-state index contributed by atoms with van der Waals surface area (Å²) in [5, 5.41) is 6.73. The third-order valence-electron chi connectivity index (χ3n) is 4.99. The van der Waals surface area contributed by atoms with E-state index >= 15 is 0 Å². The molecule has 3 rings (SSSR count). The van der Waals surface area contributed by atoms with Crippen molar-refractivity contribution in [2.75, 3.05) is 11.9 Å². The van der Waals surface area contributed by atoms with Gasteiger partial charge in [0.2, 0.25) is 0 Å². The molecule has 162 valence electrons. The first-order chi connectivity index (χ1) is 14.9. The monoisotopic (exact) mass is 422 g/mol. The first kappa shape index (κ1) is 22.1. The van der Waals surface area contributed by atoms with Crippen molar-refractivity contribution in [2.45, 2.75) is 40.7 Å². The number of hydrogen-bond acceptors (Lipinski definition) is 6. The Morgan fingerprint density at radius 1 is 1.06 bits per heavy atom. The second-order valence-electron chi connectivity index (χ2n) is 7.20. The molecule has 0 saturated carbocycles. The Morgan fingerprint density at radius 3 is 2.45 bits per heavy atom. The molecule has 1 N–H and O–H groups in total. The number of hydrogen-bond donors (Lipinski definition) is 1. The van der Waals surface area contributed by atoms with E-state index in [1.807, 2.05) is 45.9 Å². The number of carbonyl (C=O) groups excluding carboxylic acids is 2. The Morgan fingerprint density at radius 2 is 1.81 bits per heavy atom. The third-order valence-corrected chi connectivity index (χ3v) is 4.99. The Balaban J connectivity index is 1.52. The lowest BCUT2D eigenvalue weighted by Gasteiger charge is -2.13. The summed E-state index contributed by atoms with van der Waals surface area (Å²) in [5.74, 6) is 0.360. The average Bonchev–Trinajstić information content (AvgIpc) is 3.09. The van der Waals surface area contributed by atoms with Crippen LogP contribution in [0, 0.1) is 20.8 Å². The maximum atomic E-state index is 12.3. The summed E-state index contributed by atoms with van der Waals surface area (Å²) in [6.07, 6.45) is 0.793. The van der Waals surface area contributed by atoms with Crippen LogP contribution in [-0.4, -0.2) is 23.6 Å². The van der Waals surface area contributed by atoms with Crippen molar-refractivity contribution in [1.29, 1.82) is 0 Å². The standard InChI is InChI=1S/C24H26N2O5/c1-5-18-8-6-7-15(2)23(18)25-22(27)14-30-24(28)19-9-11-20(12-10-19)29-13-21-16(3)26-31-17(21)4/h6-12H,5,13-14H2,1-4H3,(H,25,27). The predicted octanol–water partition coefficient (Wildman–Crippen LogP) is 4.54. The first-order valence-electron chi connectivity index (χ1n) is 10.1. The van der Waals surface area contributed by atoms with Gasteiger partial charge in [-0.1, -0.05) is 30.3 Å². The van der Waals surface area contributed by atoms with E-state index in [1.54, 1.807) is 24.3 Å². The molecule has 0 atom stereocenters. The smallest absolute Gasteiger partial charge is 0.338 e. The number of anilines is 1. The van der Waals surface area contributed by atoms with Crippen LogP contribution in [0.25, 0.3) is 0 Å². The van der Waals surface area contributed by atoms with Crippen molar-refractivity contribution in [1.82, 2.24) is 5.16 Å². The predicted molar refractivity (Wildman–Crippen MR) is 116 cm³/mol. The average molecular weight is 422 g/mol. The fourth-order valence-corrected chi connectivity index (χ4v) is 3.14. The SMILES string of the molecule is CCc1cccc(C)c1NC(=O)COC(=O)c1ccc(OCc2c(C)noc2C)cc1. The van der Waals surface area contributed by atoms with Crippen LogP contribution in [0.5, 0.6) is 5.75 Å². The van der Waals surface area contributed by atoms with Crippen molar-refractivity contribution in [3.63, 3.8) is 0 Å². The lowest BCUT2D eigenvalue weighted by atomic mass is 10.1. The number of esters is 1. The van der Waals surface area contributed by atoms with Gasteiger partial charge in [0.25, 0.3) is 5.91 Å². The number of para-hydroxylation sites is 1. The summed E-state index contributed by atoms with van der Waals surface area (Å²) in [4.78, 5) is 24.5. The van der Waals surface area contributed by atoms with Gasteiger partial charge in [-0.2, -0.15) is 0 Å². The Hall–Kier alpha value is -3.61. The van der Waals surface area contributed by atoms with E-state index in [-0.39, 0.29) is 12.5 Å². The number of amides is 1. The molecular formula is C24H26N2O5. The molecular weight excluding hydrogens is 396 g/mol. The highest BCUT2D eigenvalue weighted by molar-refractivity contribution is 5.96. The normalized spacial score (nSPS) is 10.6. The van der Waals surface area contributed by atoms with Gasteiger partial charge >= 0.3 is 5.97 Å². The summed E-state index contributed by atoms with van der Waals surface area (Å²) in [7, 11) is 0. The Kier molecular flexibility index (Phi) is 7.07. The minimum atomic E-state index is -0.576. The summed E-state index contributed by atoms with van der Waals surface area (Å²) >= 11 is 0.